The van der Waals surface area contributed by atoms with E-state index in [-0.39, 0.29) is 11.4 Å². The number of rotatable bonds is 3. The van der Waals surface area contributed by atoms with E-state index in [1.807, 2.05) is 35.2 Å². The Hall–Kier alpha value is -1.87. The van der Waals surface area contributed by atoms with Crippen molar-refractivity contribution >= 4 is 16.7 Å². The number of piperazine rings is 1. The number of carbonyl (C=O) groups excluding carboxylic acids is 1. The van der Waals surface area contributed by atoms with Gasteiger partial charge in [-0.15, -0.1) is 0 Å². The van der Waals surface area contributed by atoms with Crippen LogP contribution in [-0.4, -0.2) is 47.4 Å². The quantitative estimate of drug-likeness (QED) is 0.861. The van der Waals surface area contributed by atoms with E-state index >= 15 is 0 Å². The second kappa shape index (κ2) is 6.32. The van der Waals surface area contributed by atoms with Gasteiger partial charge < -0.3 is 4.90 Å². The molecule has 0 aliphatic carbocycles. The fraction of sp³-hybridized carbons (Fsp3) is 0.450. The van der Waals surface area contributed by atoms with Gasteiger partial charge in [0, 0.05) is 37.3 Å². The van der Waals surface area contributed by atoms with Crippen LogP contribution in [0, 0.1) is 0 Å². The van der Waals surface area contributed by atoms with E-state index in [9.17, 15) is 4.79 Å². The molecule has 1 saturated heterocycles. The number of amides is 1. The predicted octanol–water partition coefficient (Wildman–Crippen LogP) is 3.79. The van der Waals surface area contributed by atoms with Gasteiger partial charge in [0.2, 0.25) is 0 Å². The number of hydrogen-bond donors (Lipinski definition) is 0. The molecule has 3 rings (SSSR count). The largest absolute Gasteiger partial charge is 0.336 e. The molecule has 122 valence electrons. The number of carbonyl (C=O) groups is 1. The molecular weight excluding hydrogens is 284 g/mol. The van der Waals surface area contributed by atoms with E-state index in [4.69, 9.17) is 0 Å². The number of hydrogen-bond acceptors (Lipinski definition) is 2. The highest BCUT2D eigenvalue weighted by molar-refractivity contribution is 6.07. The van der Waals surface area contributed by atoms with Crippen molar-refractivity contribution in [2.75, 3.05) is 26.2 Å². The molecule has 0 spiro atoms. The van der Waals surface area contributed by atoms with Gasteiger partial charge in [-0.3, -0.25) is 9.69 Å². The molecule has 3 heteroatoms. The second-order valence-corrected chi connectivity index (χ2v) is 6.97. The third kappa shape index (κ3) is 3.11. The highest BCUT2D eigenvalue weighted by atomic mass is 16.2. The highest BCUT2D eigenvalue weighted by Gasteiger charge is 2.30. The fourth-order valence-electron chi connectivity index (χ4n) is 3.32. The lowest BCUT2D eigenvalue weighted by atomic mass is 9.98. The summed E-state index contributed by atoms with van der Waals surface area (Å²) in [5, 5.41) is 2.18. The number of nitrogens with zero attached hydrogens (tertiary/aromatic N) is 2. The normalized spacial score (nSPS) is 16.7. The average molecular weight is 310 g/mol. The molecule has 2 aromatic rings. The van der Waals surface area contributed by atoms with Crippen molar-refractivity contribution < 1.29 is 4.79 Å². The molecule has 1 fully saturated rings. The molecule has 1 amide bonds. The third-order valence-corrected chi connectivity index (χ3v) is 5.31. The van der Waals surface area contributed by atoms with Crippen LogP contribution in [0.1, 0.15) is 37.6 Å². The van der Waals surface area contributed by atoms with Crippen molar-refractivity contribution in [3.05, 3.63) is 48.0 Å². The van der Waals surface area contributed by atoms with Crippen molar-refractivity contribution in [2.24, 2.45) is 0 Å². The standard InChI is InChI=1S/C20H26N2O/c1-4-20(2,3)22-14-12-21(13-15-22)19(23)18-11-7-9-16-8-5-6-10-17(16)18/h5-11H,4,12-15H2,1-3H3. The summed E-state index contributed by atoms with van der Waals surface area (Å²) in [5.41, 5.74) is 1.04. The Morgan fingerprint density at radius 1 is 1.00 bits per heavy atom. The van der Waals surface area contributed by atoms with Gasteiger partial charge in [0.15, 0.2) is 0 Å². The molecule has 0 bridgehead atoms. The van der Waals surface area contributed by atoms with Crippen LogP contribution in [0.3, 0.4) is 0 Å². The lowest BCUT2D eigenvalue weighted by Gasteiger charge is -2.43. The summed E-state index contributed by atoms with van der Waals surface area (Å²) in [7, 11) is 0. The van der Waals surface area contributed by atoms with E-state index in [0.717, 1.165) is 48.9 Å². The summed E-state index contributed by atoms with van der Waals surface area (Å²) in [6.07, 6.45) is 1.13. The monoisotopic (exact) mass is 310 g/mol. The van der Waals surface area contributed by atoms with Gasteiger partial charge in [-0.05, 0) is 37.1 Å². The van der Waals surface area contributed by atoms with Crippen LogP contribution >= 0.6 is 0 Å². The molecule has 1 aliphatic rings. The van der Waals surface area contributed by atoms with Gasteiger partial charge in [-0.2, -0.15) is 0 Å². The van der Waals surface area contributed by atoms with E-state index in [0.29, 0.717) is 0 Å². The zero-order valence-electron chi connectivity index (χ0n) is 14.4. The minimum Gasteiger partial charge on any atom is -0.336 e. The fourth-order valence-corrected chi connectivity index (χ4v) is 3.32. The van der Waals surface area contributed by atoms with Crippen LogP contribution in [0.15, 0.2) is 42.5 Å². The van der Waals surface area contributed by atoms with E-state index in [1.165, 1.54) is 0 Å². The predicted molar refractivity (Wildman–Crippen MR) is 95.8 cm³/mol. The zero-order valence-corrected chi connectivity index (χ0v) is 14.4. The average Bonchev–Trinajstić information content (AvgIpc) is 2.60. The van der Waals surface area contributed by atoms with Gasteiger partial charge in [0.25, 0.3) is 5.91 Å². The number of fused-ring (bicyclic) bond motifs is 1. The van der Waals surface area contributed by atoms with E-state index < -0.39 is 0 Å². The molecule has 0 N–H and O–H groups in total. The van der Waals surface area contributed by atoms with Gasteiger partial charge in [-0.25, -0.2) is 0 Å². The SMILES string of the molecule is CCC(C)(C)N1CCN(C(=O)c2cccc3ccccc23)CC1. The van der Waals surface area contributed by atoms with E-state index in [2.05, 4.69) is 37.8 Å². The summed E-state index contributed by atoms with van der Waals surface area (Å²) in [6, 6.07) is 14.1. The molecule has 0 unspecified atom stereocenters. The molecule has 0 radical (unpaired) electrons. The maximum atomic E-state index is 12.9. The first-order chi connectivity index (χ1) is 11.0. The minimum absolute atomic E-state index is 0.163. The van der Waals surface area contributed by atoms with Crippen molar-refractivity contribution in [3.63, 3.8) is 0 Å². The zero-order chi connectivity index (χ0) is 16.4. The highest BCUT2D eigenvalue weighted by Crippen LogP contribution is 2.23. The van der Waals surface area contributed by atoms with Crippen LogP contribution < -0.4 is 0 Å². The van der Waals surface area contributed by atoms with Crippen LogP contribution in [0.2, 0.25) is 0 Å². The minimum atomic E-state index is 0.163. The molecule has 1 heterocycles. The van der Waals surface area contributed by atoms with Crippen LogP contribution in [0.5, 0.6) is 0 Å². The Labute approximate surface area is 138 Å². The Morgan fingerprint density at radius 2 is 1.65 bits per heavy atom. The second-order valence-electron chi connectivity index (χ2n) is 6.97. The molecule has 3 nitrogen and oxygen atoms in total. The van der Waals surface area contributed by atoms with Gasteiger partial charge in [0.1, 0.15) is 0 Å². The Bertz CT molecular complexity index is 694. The van der Waals surface area contributed by atoms with Gasteiger partial charge in [0.05, 0.1) is 0 Å². The molecule has 0 aromatic heterocycles. The maximum absolute atomic E-state index is 12.9. The third-order valence-electron chi connectivity index (χ3n) is 5.31. The summed E-state index contributed by atoms with van der Waals surface area (Å²) in [6.45, 7) is 10.3. The first-order valence-corrected chi connectivity index (χ1v) is 8.55. The lowest BCUT2D eigenvalue weighted by molar-refractivity contribution is 0.0391. The van der Waals surface area contributed by atoms with Crippen LogP contribution in [-0.2, 0) is 0 Å². The first kappa shape index (κ1) is 16.0. The Balaban J connectivity index is 1.77. The smallest absolute Gasteiger partial charge is 0.254 e. The van der Waals surface area contributed by atoms with Crippen LogP contribution in [0.25, 0.3) is 10.8 Å². The summed E-state index contributed by atoms with van der Waals surface area (Å²) >= 11 is 0. The van der Waals surface area contributed by atoms with Gasteiger partial charge in [-0.1, -0.05) is 43.3 Å². The van der Waals surface area contributed by atoms with Crippen molar-refractivity contribution in [1.82, 2.24) is 9.80 Å². The maximum Gasteiger partial charge on any atom is 0.254 e. The van der Waals surface area contributed by atoms with Crippen molar-refractivity contribution in [3.8, 4) is 0 Å². The molecule has 0 saturated carbocycles. The Kier molecular flexibility index (Phi) is 4.40. The molecule has 23 heavy (non-hydrogen) atoms. The summed E-state index contributed by atoms with van der Waals surface area (Å²) in [5.74, 6) is 0.163. The van der Waals surface area contributed by atoms with Crippen molar-refractivity contribution in [2.45, 2.75) is 32.7 Å². The van der Waals surface area contributed by atoms with E-state index in [1.54, 1.807) is 0 Å². The Morgan fingerprint density at radius 3 is 2.35 bits per heavy atom. The first-order valence-electron chi connectivity index (χ1n) is 8.55. The number of benzene rings is 2. The molecule has 0 atom stereocenters. The molecule has 1 aliphatic heterocycles. The van der Waals surface area contributed by atoms with Crippen LogP contribution in [0.4, 0.5) is 0 Å². The molecular formula is C20H26N2O. The summed E-state index contributed by atoms with van der Waals surface area (Å²) in [4.78, 5) is 17.5. The lowest BCUT2D eigenvalue weighted by Crippen LogP contribution is -2.55. The summed E-state index contributed by atoms with van der Waals surface area (Å²) < 4.78 is 0. The van der Waals surface area contributed by atoms with Gasteiger partial charge >= 0.3 is 0 Å². The molecule has 2 aromatic carbocycles. The topological polar surface area (TPSA) is 23.6 Å². The van der Waals surface area contributed by atoms with Crippen molar-refractivity contribution in [1.29, 1.82) is 0 Å².